The summed E-state index contributed by atoms with van der Waals surface area (Å²) in [5, 5.41) is 0. The predicted octanol–water partition coefficient (Wildman–Crippen LogP) is 4.30. The van der Waals surface area contributed by atoms with E-state index in [1.807, 2.05) is 12.1 Å². The maximum Gasteiger partial charge on any atom is 0.0253 e. The van der Waals surface area contributed by atoms with Crippen molar-refractivity contribution in [3.63, 3.8) is 0 Å². The van der Waals surface area contributed by atoms with E-state index in [1.54, 1.807) is 0 Å². The lowest BCUT2D eigenvalue weighted by molar-refractivity contribution is 0.439. The van der Waals surface area contributed by atoms with Gasteiger partial charge in [0.2, 0.25) is 0 Å². The normalized spacial score (nSPS) is 17.3. The summed E-state index contributed by atoms with van der Waals surface area (Å²) in [6, 6.07) is 20.0. The molecule has 1 atom stereocenters. The first-order valence-electron chi connectivity index (χ1n) is 7.33. The van der Waals surface area contributed by atoms with Gasteiger partial charge in [0.1, 0.15) is 0 Å². The van der Waals surface area contributed by atoms with Gasteiger partial charge in [-0.15, -0.1) is 0 Å². The molecule has 1 nitrogen and oxygen atoms in total. The number of hydrogen-bond donors (Lipinski definition) is 0. The van der Waals surface area contributed by atoms with Gasteiger partial charge in [-0.2, -0.15) is 0 Å². The Labute approximate surface area is 127 Å². The Hall–Kier alpha value is -2.12. The van der Waals surface area contributed by atoms with E-state index in [0.717, 1.165) is 6.54 Å². The highest BCUT2D eigenvalue weighted by atomic mass is 15.0. The second-order valence-corrected chi connectivity index (χ2v) is 5.72. The minimum absolute atomic E-state index is 0.382. The standard InChI is InChI=1S/C20H20N/c1-21(2)15-17-11-8-14-19(17)20-13-7-6-12-18(20)16-9-4-3-5-10-16/h4-14,19H,15H2,1-2H3. The molecule has 1 unspecified atom stereocenters. The summed E-state index contributed by atoms with van der Waals surface area (Å²) >= 11 is 0. The van der Waals surface area contributed by atoms with E-state index in [4.69, 9.17) is 0 Å². The highest BCUT2D eigenvalue weighted by molar-refractivity contribution is 5.69. The van der Waals surface area contributed by atoms with Gasteiger partial charge in [-0.25, -0.2) is 0 Å². The Bertz CT molecular complexity index is 665. The van der Waals surface area contributed by atoms with E-state index in [9.17, 15) is 0 Å². The third-order valence-corrected chi connectivity index (χ3v) is 3.84. The molecule has 0 aliphatic heterocycles. The van der Waals surface area contributed by atoms with Crippen LogP contribution >= 0.6 is 0 Å². The molecule has 1 aliphatic carbocycles. The molecule has 1 aliphatic rings. The SMILES string of the molecule is CN(C)CC1=CC=CC1c1ccccc1-c1cc[c]cc1. The lowest BCUT2D eigenvalue weighted by atomic mass is 9.87. The third-order valence-electron chi connectivity index (χ3n) is 3.84. The van der Waals surface area contributed by atoms with Gasteiger partial charge in [0.15, 0.2) is 0 Å². The molecule has 3 rings (SSSR count). The van der Waals surface area contributed by atoms with Crippen molar-refractivity contribution >= 4 is 0 Å². The van der Waals surface area contributed by atoms with Crippen molar-refractivity contribution < 1.29 is 0 Å². The second kappa shape index (κ2) is 6.11. The van der Waals surface area contributed by atoms with Crippen LogP contribution in [0.4, 0.5) is 0 Å². The summed E-state index contributed by atoms with van der Waals surface area (Å²) in [4.78, 5) is 2.23. The van der Waals surface area contributed by atoms with E-state index < -0.39 is 0 Å². The van der Waals surface area contributed by atoms with Crippen molar-refractivity contribution in [1.82, 2.24) is 4.90 Å². The predicted molar refractivity (Wildman–Crippen MR) is 89.2 cm³/mol. The van der Waals surface area contributed by atoms with Crippen molar-refractivity contribution in [3.05, 3.63) is 84.0 Å². The zero-order chi connectivity index (χ0) is 14.7. The molecule has 0 saturated heterocycles. The number of rotatable bonds is 4. The van der Waals surface area contributed by atoms with E-state index in [1.165, 1.54) is 22.3 Å². The molecule has 0 amide bonds. The molecule has 0 saturated carbocycles. The summed E-state index contributed by atoms with van der Waals surface area (Å²) in [5.74, 6) is 0.382. The zero-order valence-electron chi connectivity index (χ0n) is 12.6. The smallest absolute Gasteiger partial charge is 0.0253 e. The van der Waals surface area contributed by atoms with Crippen LogP contribution in [0.25, 0.3) is 11.1 Å². The average molecular weight is 274 g/mol. The van der Waals surface area contributed by atoms with E-state index in [2.05, 4.69) is 79.7 Å². The first kappa shape index (κ1) is 13.8. The lowest BCUT2D eigenvalue weighted by Crippen LogP contribution is -2.17. The molecule has 2 aromatic rings. The Morgan fingerprint density at radius 2 is 1.81 bits per heavy atom. The van der Waals surface area contributed by atoms with Crippen molar-refractivity contribution in [2.45, 2.75) is 5.92 Å². The van der Waals surface area contributed by atoms with Gasteiger partial charge in [-0.05, 0) is 42.4 Å². The number of nitrogens with zero attached hydrogens (tertiary/aromatic N) is 1. The van der Waals surface area contributed by atoms with Gasteiger partial charge in [0.05, 0.1) is 0 Å². The van der Waals surface area contributed by atoms with Crippen LogP contribution < -0.4 is 0 Å². The molecular formula is C20H20N. The second-order valence-electron chi connectivity index (χ2n) is 5.72. The third kappa shape index (κ3) is 2.98. The monoisotopic (exact) mass is 274 g/mol. The molecule has 21 heavy (non-hydrogen) atoms. The van der Waals surface area contributed by atoms with Gasteiger partial charge >= 0.3 is 0 Å². The van der Waals surface area contributed by atoms with E-state index in [-0.39, 0.29) is 0 Å². The Balaban J connectivity index is 2.00. The van der Waals surface area contributed by atoms with Crippen molar-refractivity contribution in [2.24, 2.45) is 0 Å². The van der Waals surface area contributed by atoms with Gasteiger partial charge in [0.25, 0.3) is 0 Å². The number of hydrogen-bond acceptors (Lipinski definition) is 1. The lowest BCUT2D eigenvalue weighted by Gasteiger charge is -2.21. The molecule has 105 valence electrons. The first-order chi connectivity index (χ1) is 10.3. The van der Waals surface area contributed by atoms with Crippen molar-refractivity contribution in [3.8, 4) is 11.1 Å². The molecule has 0 heterocycles. The molecule has 2 aromatic carbocycles. The fraction of sp³-hybridized carbons (Fsp3) is 0.200. The van der Waals surface area contributed by atoms with Crippen LogP contribution in [-0.4, -0.2) is 25.5 Å². The largest absolute Gasteiger partial charge is 0.305 e. The van der Waals surface area contributed by atoms with Crippen LogP contribution in [0.15, 0.2) is 72.3 Å². The summed E-state index contributed by atoms with van der Waals surface area (Å²) in [7, 11) is 4.24. The summed E-state index contributed by atoms with van der Waals surface area (Å²) in [6.45, 7) is 0.995. The molecule has 0 N–H and O–H groups in total. The minimum atomic E-state index is 0.382. The molecule has 0 fully saturated rings. The Kier molecular flexibility index (Phi) is 4.03. The van der Waals surface area contributed by atoms with Gasteiger partial charge in [-0.3, -0.25) is 0 Å². The molecule has 0 aromatic heterocycles. The summed E-state index contributed by atoms with van der Waals surface area (Å²) in [5.41, 5.74) is 5.40. The summed E-state index contributed by atoms with van der Waals surface area (Å²) in [6.07, 6.45) is 6.73. The maximum atomic E-state index is 3.09. The molecule has 1 heteroatoms. The minimum Gasteiger partial charge on any atom is -0.305 e. The van der Waals surface area contributed by atoms with Crippen LogP contribution in [-0.2, 0) is 0 Å². The fourth-order valence-corrected chi connectivity index (χ4v) is 2.93. The first-order valence-corrected chi connectivity index (χ1v) is 7.33. The van der Waals surface area contributed by atoms with Crippen LogP contribution in [0, 0.1) is 6.07 Å². The maximum absolute atomic E-state index is 3.09. The molecule has 0 spiro atoms. The van der Waals surface area contributed by atoms with Gasteiger partial charge in [0, 0.05) is 12.5 Å². The highest BCUT2D eigenvalue weighted by Crippen LogP contribution is 2.36. The fourth-order valence-electron chi connectivity index (χ4n) is 2.93. The molecule has 1 radical (unpaired) electrons. The Morgan fingerprint density at radius 1 is 1.05 bits per heavy atom. The quantitative estimate of drug-likeness (QED) is 0.803. The summed E-state index contributed by atoms with van der Waals surface area (Å²) < 4.78 is 0. The number of likely N-dealkylation sites (N-methyl/N-ethyl adjacent to an activating group) is 1. The van der Waals surface area contributed by atoms with Crippen LogP contribution in [0.3, 0.4) is 0 Å². The van der Waals surface area contributed by atoms with Gasteiger partial charge in [-0.1, -0.05) is 66.8 Å². The van der Waals surface area contributed by atoms with Crippen LogP contribution in [0.1, 0.15) is 11.5 Å². The van der Waals surface area contributed by atoms with E-state index in [0.29, 0.717) is 5.92 Å². The average Bonchev–Trinajstić information content (AvgIpc) is 2.95. The Morgan fingerprint density at radius 3 is 2.57 bits per heavy atom. The molecular weight excluding hydrogens is 254 g/mol. The topological polar surface area (TPSA) is 3.24 Å². The number of allylic oxidation sites excluding steroid dienone is 3. The van der Waals surface area contributed by atoms with Crippen molar-refractivity contribution in [2.75, 3.05) is 20.6 Å². The number of benzene rings is 2. The van der Waals surface area contributed by atoms with Crippen molar-refractivity contribution in [1.29, 1.82) is 0 Å². The highest BCUT2D eigenvalue weighted by Gasteiger charge is 2.20. The molecule has 0 bridgehead atoms. The van der Waals surface area contributed by atoms with Gasteiger partial charge < -0.3 is 4.90 Å². The van der Waals surface area contributed by atoms with E-state index >= 15 is 0 Å². The zero-order valence-corrected chi connectivity index (χ0v) is 12.6. The van der Waals surface area contributed by atoms with Crippen LogP contribution in [0.5, 0.6) is 0 Å². The van der Waals surface area contributed by atoms with Crippen LogP contribution in [0.2, 0.25) is 0 Å².